The van der Waals surface area contributed by atoms with Crippen molar-refractivity contribution in [2.75, 3.05) is 12.4 Å². The molecule has 0 unspecified atom stereocenters. The van der Waals surface area contributed by atoms with Crippen molar-refractivity contribution >= 4 is 33.2 Å². The van der Waals surface area contributed by atoms with Gasteiger partial charge in [0.15, 0.2) is 0 Å². The van der Waals surface area contributed by atoms with E-state index in [0.717, 1.165) is 12.1 Å². The molecule has 1 aliphatic carbocycles. The third-order valence-corrected chi connectivity index (χ3v) is 6.09. The van der Waals surface area contributed by atoms with Crippen molar-refractivity contribution in [1.82, 2.24) is 4.72 Å². The molecule has 2 aromatic carbocycles. The molecule has 0 aliphatic heterocycles. The molecule has 150 valence electrons. The van der Waals surface area contributed by atoms with Crippen molar-refractivity contribution in [2.24, 2.45) is 0 Å². The zero-order valence-corrected chi connectivity index (χ0v) is 16.3. The maximum absolute atomic E-state index is 13.9. The number of carbonyl (C=O) groups excluding carboxylic acids is 1. The van der Waals surface area contributed by atoms with Crippen LogP contribution in [0.3, 0.4) is 0 Å². The second-order valence-corrected chi connectivity index (χ2v) is 8.53. The molecular weight excluding hydrogens is 411 g/mol. The molecule has 0 radical (unpaired) electrons. The lowest BCUT2D eigenvalue weighted by molar-refractivity contribution is 0.0712. The quantitative estimate of drug-likeness (QED) is 0.655. The number of nitrogens with one attached hydrogen (secondary N) is 2. The Kier molecular flexibility index (Phi) is 5.90. The number of anilines is 1. The fraction of sp³-hybridized carbons (Fsp3) is 0.278. The van der Waals surface area contributed by atoms with E-state index in [9.17, 15) is 22.7 Å². The van der Waals surface area contributed by atoms with E-state index in [2.05, 4.69) is 10.0 Å². The summed E-state index contributed by atoms with van der Waals surface area (Å²) in [5.74, 6) is -1.34. The summed E-state index contributed by atoms with van der Waals surface area (Å²) in [6, 6.07) is 7.20. The normalized spacial score (nSPS) is 19.0. The highest BCUT2D eigenvalue weighted by Crippen LogP contribution is 2.27. The van der Waals surface area contributed by atoms with E-state index in [0.29, 0.717) is 12.8 Å². The van der Waals surface area contributed by atoms with Crippen LogP contribution in [0.1, 0.15) is 23.2 Å². The van der Waals surface area contributed by atoms with Gasteiger partial charge in [0.25, 0.3) is 5.91 Å². The molecule has 10 heteroatoms. The molecule has 7 nitrogen and oxygen atoms in total. The maximum atomic E-state index is 13.9. The summed E-state index contributed by atoms with van der Waals surface area (Å²) in [5, 5.41) is 11.9. The van der Waals surface area contributed by atoms with Gasteiger partial charge in [-0.05, 0) is 49.2 Å². The van der Waals surface area contributed by atoms with E-state index in [4.69, 9.17) is 16.3 Å². The van der Waals surface area contributed by atoms with E-state index in [1.807, 2.05) is 0 Å². The molecular formula is C18H18ClFN2O5S. The summed E-state index contributed by atoms with van der Waals surface area (Å²) in [6.45, 7) is 0. The summed E-state index contributed by atoms with van der Waals surface area (Å²) in [6.07, 6.45) is 0.149. The van der Waals surface area contributed by atoms with Gasteiger partial charge in [0.2, 0.25) is 10.0 Å². The molecule has 28 heavy (non-hydrogen) atoms. The Balaban J connectivity index is 1.87. The number of halogens is 2. The van der Waals surface area contributed by atoms with E-state index in [1.165, 1.54) is 31.4 Å². The number of rotatable bonds is 6. The van der Waals surface area contributed by atoms with Crippen molar-refractivity contribution in [3.05, 3.63) is 52.8 Å². The van der Waals surface area contributed by atoms with Crippen LogP contribution >= 0.6 is 11.6 Å². The van der Waals surface area contributed by atoms with Crippen LogP contribution in [0.2, 0.25) is 5.02 Å². The van der Waals surface area contributed by atoms with Crippen molar-refractivity contribution < 1.29 is 27.4 Å². The lowest BCUT2D eigenvalue weighted by Crippen LogP contribution is -2.46. The second-order valence-electron chi connectivity index (χ2n) is 6.38. The highest BCUT2D eigenvalue weighted by atomic mass is 35.5. The summed E-state index contributed by atoms with van der Waals surface area (Å²) >= 11 is 5.69. The monoisotopic (exact) mass is 428 g/mol. The maximum Gasteiger partial charge on any atom is 0.259 e. The first kappa shape index (κ1) is 20.5. The fourth-order valence-corrected chi connectivity index (χ4v) is 4.23. The molecule has 0 bridgehead atoms. The largest absolute Gasteiger partial charge is 0.496 e. The second kappa shape index (κ2) is 8.04. The number of methoxy groups -OCH3 is 1. The third kappa shape index (κ3) is 4.44. The third-order valence-electron chi connectivity index (χ3n) is 4.34. The number of benzene rings is 2. The Morgan fingerprint density at radius 1 is 1.25 bits per heavy atom. The van der Waals surface area contributed by atoms with Gasteiger partial charge in [-0.1, -0.05) is 11.6 Å². The highest BCUT2D eigenvalue weighted by Gasteiger charge is 2.31. The number of hydrogen-bond donors (Lipinski definition) is 3. The number of amides is 1. The lowest BCUT2D eigenvalue weighted by Gasteiger charge is -2.31. The van der Waals surface area contributed by atoms with Gasteiger partial charge < -0.3 is 15.2 Å². The van der Waals surface area contributed by atoms with Gasteiger partial charge in [0.05, 0.1) is 29.4 Å². The molecule has 0 spiro atoms. The van der Waals surface area contributed by atoms with E-state index >= 15 is 0 Å². The molecule has 0 saturated heterocycles. The van der Waals surface area contributed by atoms with Crippen LogP contribution in [0.5, 0.6) is 5.75 Å². The Bertz CT molecular complexity index is 1010. The summed E-state index contributed by atoms with van der Waals surface area (Å²) < 4.78 is 46.6. The topological polar surface area (TPSA) is 105 Å². The van der Waals surface area contributed by atoms with E-state index in [1.54, 1.807) is 0 Å². The fourth-order valence-electron chi connectivity index (χ4n) is 2.78. The van der Waals surface area contributed by atoms with E-state index in [-0.39, 0.29) is 33.0 Å². The predicted octanol–water partition coefficient (Wildman–Crippen LogP) is 2.54. The average Bonchev–Trinajstić information content (AvgIpc) is 2.62. The number of hydrogen-bond acceptors (Lipinski definition) is 5. The Morgan fingerprint density at radius 3 is 2.57 bits per heavy atom. The van der Waals surface area contributed by atoms with Gasteiger partial charge in [-0.15, -0.1) is 0 Å². The molecule has 1 fully saturated rings. The molecule has 2 aromatic rings. The molecule has 3 N–H and O–H groups in total. The minimum atomic E-state index is -3.90. The van der Waals surface area contributed by atoms with Gasteiger partial charge in [-0.25, -0.2) is 17.5 Å². The first-order chi connectivity index (χ1) is 13.2. The van der Waals surface area contributed by atoms with Crippen LogP contribution < -0.4 is 14.8 Å². The standard InChI is InChI=1S/C18H18ClFN2O5S/c1-27-17-5-3-13(28(25,26)22-11-7-12(23)8-11)9-14(17)18(24)21-16-4-2-10(19)6-15(16)20/h2-6,9,11-12,22-23H,7-8H2,1H3,(H,21,24). The summed E-state index contributed by atoms with van der Waals surface area (Å²) in [4.78, 5) is 12.5. The van der Waals surface area contributed by atoms with Crippen molar-refractivity contribution in [3.63, 3.8) is 0 Å². The Hall–Kier alpha value is -2.20. The first-order valence-corrected chi connectivity index (χ1v) is 10.2. The molecule has 1 saturated carbocycles. The molecule has 0 heterocycles. The number of sulfonamides is 1. The van der Waals surface area contributed by atoms with Crippen LogP contribution in [0.15, 0.2) is 41.3 Å². The average molecular weight is 429 g/mol. The SMILES string of the molecule is COc1ccc(S(=O)(=O)NC2CC(O)C2)cc1C(=O)Nc1ccc(Cl)cc1F. The number of carbonyl (C=O) groups is 1. The molecule has 0 atom stereocenters. The number of aliphatic hydroxyl groups excluding tert-OH is 1. The van der Waals surface area contributed by atoms with Gasteiger partial charge in [0.1, 0.15) is 11.6 Å². The van der Waals surface area contributed by atoms with Gasteiger partial charge in [0, 0.05) is 11.1 Å². The van der Waals surface area contributed by atoms with E-state index < -0.39 is 27.9 Å². The van der Waals surface area contributed by atoms with Crippen LogP contribution in [0, 0.1) is 5.82 Å². The van der Waals surface area contributed by atoms with Gasteiger partial charge in [-0.2, -0.15) is 0 Å². The molecule has 1 amide bonds. The zero-order chi connectivity index (χ0) is 20.5. The van der Waals surface area contributed by atoms with Crippen LogP contribution in [0.25, 0.3) is 0 Å². The smallest absolute Gasteiger partial charge is 0.259 e. The first-order valence-electron chi connectivity index (χ1n) is 8.34. The van der Waals surface area contributed by atoms with Gasteiger partial charge in [-0.3, -0.25) is 4.79 Å². The molecule has 0 aromatic heterocycles. The van der Waals surface area contributed by atoms with Crippen molar-refractivity contribution in [3.8, 4) is 5.75 Å². The molecule has 1 aliphatic rings. The van der Waals surface area contributed by atoms with Crippen LogP contribution in [-0.2, 0) is 10.0 Å². The summed E-state index contributed by atoms with van der Waals surface area (Å²) in [7, 11) is -2.57. The van der Waals surface area contributed by atoms with Gasteiger partial charge >= 0.3 is 0 Å². The van der Waals surface area contributed by atoms with Crippen LogP contribution in [0.4, 0.5) is 10.1 Å². The Labute approximate surface area is 166 Å². The lowest BCUT2D eigenvalue weighted by atomic mass is 9.91. The molecule has 3 rings (SSSR count). The van der Waals surface area contributed by atoms with Crippen molar-refractivity contribution in [2.45, 2.75) is 29.9 Å². The predicted molar refractivity (Wildman–Crippen MR) is 102 cm³/mol. The Morgan fingerprint density at radius 2 is 1.96 bits per heavy atom. The van der Waals surface area contributed by atoms with Crippen LogP contribution in [-0.4, -0.2) is 38.7 Å². The summed E-state index contributed by atoms with van der Waals surface area (Å²) in [5.41, 5.74) is -0.181. The highest BCUT2D eigenvalue weighted by molar-refractivity contribution is 7.89. The minimum absolute atomic E-state index is 0.0756. The zero-order valence-electron chi connectivity index (χ0n) is 14.8. The van der Waals surface area contributed by atoms with Crippen molar-refractivity contribution in [1.29, 1.82) is 0 Å². The number of ether oxygens (including phenoxy) is 1. The minimum Gasteiger partial charge on any atom is -0.496 e. The number of aliphatic hydroxyl groups is 1.